The molecular weight excluding hydrogens is 254 g/mol. The number of rotatable bonds is 4. The Balaban J connectivity index is 1.99. The Morgan fingerprint density at radius 1 is 1.15 bits per heavy atom. The molecule has 2 aromatic carbocycles. The third-order valence-electron chi connectivity index (χ3n) is 2.72. The van der Waals surface area contributed by atoms with E-state index >= 15 is 0 Å². The van der Waals surface area contributed by atoms with E-state index in [1.807, 2.05) is 36.4 Å². The van der Waals surface area contributed by atoms with Crippen molar-refractivity contribution in [2.45, 2.75) is 6.92 Å². The summed E-state index contributed by atoms with van der Waals surface area (Å²) >= 11 is 0. The highest BCUT2D eigenvalue weighted by Crippen LogP contribution is 2.18. The summed E-state index contributed by atoms with van der Waals surface area (Å²) < 4.78 is 4.77. The number of carbonyl (C=O) groups excluding carboxylic acids is 2. The lowest BCUT2D eigenvalue weighted by Crippen LogP contribution is -2.20. The highest BCUT2D eigenvalue weighted by atomic mass is 16.5. The highest BCUT2D eigenvalue weighted by molar-refractivity contribution is 5.96. The molecule has 0 aliphatic carbocycles. The zero-order valence-electron chi connectivity index (χ0n) is 11.2. The smallest absolute Gasteiger partial charge is 0.333 e. The topological polar surface area (TPSA) is 55.4 Å². The molecule has 0 saturated heterocycles. The van der Waals surface area contributed by atoms with Gasteiger partial charge in [-0.25, -0.2) is 4.79 Å². The van der Waals surface area contributed by atoms with Crippen LogP contribution in [-0.2, 0) is 14.3 Å². The van der Waals surface area contributed by atoms with Gasteiger partial charge >= 0.3 is 5.97 Å². The molecule has 0 fully saturated rings. The number of nitrogens with one attached hydrogen (secondary N) is 1. The second-order valence-corrected chi connectivity index (χ2v) is 4.47. The maximum Gasteiger partial charge on any atom is 0.333 e. The first-order valence-corrected chi connectivity index (χ1v) is 6.17. The minimum atomic E-state index is -0.571. The Kier molecular flexibility index (Phi) is 4.15. The fraction of sp³-hybridized carbons (Fsp3) is 0.125. The lowest BCUT2D eigenvalue weighted by molar-refractivity contribution is -0.143. The van der Waals surface area contributed by atoms with Gasteiger partial charge in [0.15, 0.2) is 6.61 Å². The summed E-state index contributed by atoms with van der Waals surface area (Å²) in [7, 11) is 0. The van der Waals surface area contributed by atoms with E-state index in [2.05, 4.69) is 11.9 Å². The molecule has 0 aliphatic rings. The van der Waals surface area contributed by atoms with E-state index in [0.29, 0.717) is 5.69 Å². The predicted molar refractivity (Wildman–Crippen MR) is 78.4 cm³/mol. The van der Waals surface area contributed by atoms with Gasteiger partial charge in [-0.05, 0) is 29.8 Å². The molecular formula is C16H15NO3. The quantitative estimate of drug-likeness (QED) is 0.686. The van der Waals surface area contributed by atoms with Gasteiger partial charge in [-0.3, -0.25) is 4.79 Å². The third kappa shape index (κ3) is 3.45. The molecule has 1 amide bonds. The number of fused-ring (bicyclic) bond motifs is 1. The number of esters is 1. The number of hydrogen-bond acceptors (Lipinski definition) is 3. The van der Waals surface area contributed by atoms with Crippen LogP contribution in [0.15, 0.2) is 54.6 Å². The van der Waals surface area contributed by atoms with Crippen molar-refractivity contribution in [3.8, 4) is 0 Å². The predicted octanol–water partition coefficient (Wildman–Crippen LogP) is 2.90. The third-order valence-corrected chi connectivity index (χ3v) is 2.72. The maximum absolute atomic E-state index is 11.7. The molecule has 4 nitrogen and oxygen atoms in total. The van der Waals surface area contributed by atoms with Crippen LogP contribution in [0.1, 0.15) is 6.92 Å². The molecule has 2 aromatic rings. The number of hydrogen-bond donors (Lipinski definition) is 1. The summed E-state index contributed by atoms with van der Waals surface area (Å²) in [5.74, 6) is -0.950. The summed E-state index contributed by atoms with van der Waals surface area (Å²) in [6.07, 6.45) is 0. The molecule has 0 radical (unpaired) electrons. The van der Waals surface area contributed by atoms with Crippen LogP contribution >= 0.6 is 0 Å². The van der Waals surface area contributed by atoms with Gasteiger partial charge in [-0.2, -0.15) is 0 Å². The summed E-state index contributed by atoms with van der Waals surface area (Å²) in [5.41, 5.74) is 0.934. The molecule has 0 heterocycles. The minimum absolute atomic E-state index is 0.267. The Bertz CT molecular complexity index is 676. The van der Waals surface area contributed by atoms with Gasteiger partial charge in [0, 0.05) is 11.3 Å². The standard InChI is InChI=1S/C16H15NO3/c1-11(2)16(19)20-10-15(18)17-14-8-7-12-5-3-4-6-13(12)9-14/h3-9H,1,10H2,2H3,(H,17,18). The average molecular weight is 269 g/mol. The number of amides is 1. The van der Waals surface area contributed by atoms with Crippen LogP contribution in [0.2, 0.25) is 0 Å². The fourth-order valence-corrected chi connectivity index (χ4v) is 1.72. The van der Waals surface area contributed by atoms with Crippen molar-refractivity contribution in [1.29, 1.82) is 0 Å². The number of carbonyl (C=O) groups is 2. The molecule has 0 unspecified atom stereocenters. The van der Waals surface area contributed by atoms with E-state index in [4.69, 9.17) is 4.74 Å². The van der Waals surface area contributed by atoms with Crippen molar-refractivity contribution in [1.82, 2.24) is 0 Å². The average Bonchev–Trinajstić information content (AvgIpc) is 2.44. The van der Waals surface area contributed by atoms with Crippen LogP contribution in [0.4, 0.5) is 5.69 Å². The lowest BCUT2D eigenvalue weighted by Gasteiger charge is -2.07. The molecule has 2 rings (SSSR count). The van der Waals surface area contributed by atoms with E-state index in [9.17, 15) is 9.59 Å². The number of anilines is 1. The molecule has 0 saturated carbocycles. The Morgan fingerprint density at radius 2 is 1.85 bits per heavy atom. The van der Waals surface area contributed by atoms with E-state index in [0.717, 1.165) is 10.8 Å². The Morgan fingerprint density at radius 3 is 2.55 bits per heavy atom. The van der Waals surface area contributed by atoms with Crippen LogP contribution in [-0.4, -0.2) is 18.5 Å². The van der Waals surface area contributed by atoms with Crippen LogP contribution in [0.25, 0.3) is 10.8 Å². The molecule has 0 spiro atoms. The van der Waals surface area contributed by atoms with E-state index in [1.165, 1.54) is 6.92 Å². The van der Waals surface area contributed by atoms with Crippen molar-refractivity contribution in [2.75, 3.05) is 11.9 Å². The highest BCUT2D eigenvalue weighted by Gasteiger charge is 2.08. The second-order valence-electron chi connectivity index (χ2n) is 4.47. The van der Waals surface area contributed by atoms with Crippen molar-refractivity contribution in [3.05, 3.63) is 54.6 Å². The normalized spacial score (nSPS) is 10.1. The summed E-state index contributed by atoms with van der Waals surface area (Å²) in [4.78, 5) is 22.8. The van der Waals surface area contributed by atoms with Crippen molar-refractivity contribution in [3.63, 3.8) is 0 Å². The SMILES string of the molecule is C=C(C)C(=O)OCC(=O)Nc1ccc2ccccc2c1. The van der Waals surface area contributed by atoms with Gasteiger partial charge in [-0.15, -0.1) is 0 Å². The second kappa shape index (κ2) is 6.02. The first-order valence-electron chi connectivity index (χ1n) is 6.17. The zero-order chi connectivity index (χ0) is 14.5. The first kappa shape index (κ1) is 13.8. The molecule has 0 atom stereocenters. The number of ether oxygens (including phenoxy) is 1. The molecule has 1 N–H and O–H groups in total. The molecule has 0 bridgehead atoms. The van der Waals surface area contributed by atoms with E-state index in [-0.39, 0.29) is 18.1 Å². The van der Waals surface area contributed by atoms with Gasteiger partial charge in [0.05, 0.1) is 0 Å². The van der Waals surface area contributed by atoms with Gasteiger partial charge in [0.25, 0.3) is 5.91 Å². The van der Waals surface area contributed by atoms with Crippen LogP contribution in [0, 0.1) is 0 Å². The summed E-state index contributed by atoms with van der Waals surface area (Å²) in [6, 6.07) is 13.4. The fourth-order valence-electron chi connectivity index (χ4n) is 1.72. The molecule has 0 aliphatic heterocycles. The summed E-state index contributed by atoms with van der Waals surface area (Å²) in [5, 5.41) is 4.81. The minimum Gasteiger partial charge on any atom is -0.452 e. The zero-order valence-corrected chi connectivity index (χ0v) is 11.2. The Hall–Kier alpha value is -2.62. The first-order chi connectivity index (χ1) is 9.56. The molecule has 102 valence electrons. The van der Waals surface area contributed by atoms with Crippen molar-refractivity contribution < 1.29 is 14.3 Å². The maximum atomic E-state index is 11.7. The van der Waals surface area contributed by atoms with Gasteiger partial charge in [0.2, 0.25) is 0 Å². The largest absolute Gasteiger partial charge is 0.452 e. The monoisotopic (exact) mass is 269 g/mol. The van der Waals surface area contributed by atoms with Gasteiger partial charge < -0.3 is 10.1 Å². The molecule has 20 heavy (non-hydrogen) atoms. The molecule has 0 aromatic heterocycles. The lowest BCUT2D eigenvalue weighted by atomic mass is 10.1. The van der Waals surface area contributed by atoms with Crippen LogP contribution in [0.5, 0.6) is 0 Å². The van der Waals surface area contributed by atoms with Crippen molar-refractivity contribution in [2.24, 2.45) is 0 Å². The summed E-state index contributed by atoms with van der Waals surface area (Å²) in [6.45, 7) is 4.66. The van der Waals surface area contributed by atoms with Gasteiger partial charge in [0.1, 0.15) is 0 Å². The van der Waals surface area contributed by atoms with Crippen molar-refractivity contribution >= 4 is 28.3 Å². The van der Waals surface area contributed by atoms with Gasteiger partial charge in [-0.1, -0.05) is 36.9 Å². The molecule has 4 heteroatoms. The van der Waals surface area contributed by atoms with Crippen LogP contribution < -0.4 is 5.32 Å². The Labute approximate surface area is 117 Å². The number of benzene rings is 2. The van der Waals surface area contributed by atoms with Crippen LogP contribution in [0.3, 0.4) is 0 Å². The van der Waals surface area contributed by atoms with E-state index < -0.39 is 5.97 Å². The van der Waals surface area contributed by atoms with E-state index in [1.54, 1.807) is 6.07 Å².